The third kappa shape index (κ3) is 4.43. The summed E-state index contributed by atoms with van der Waals surface area (Å²) in [4.78, 5) is 12.1. The Hall–Kier alpha value is -2.60. The molecule has 0 saturated carbocycles. The minimum Gasteiger partial charge on any atom is -0.497 e. The van der Waals surface area contributed by atoms with Crippen LogP contribution in [0.3, 0.4) is 0 Å². The van der Waals surface area contributed by atoms with E-state index in [4.69, 9.17) is 4.74 Å². The molecule has 0 unspecified atom stereocenters. The third-order valence-electron chi connectivity index (χ3n) is 3.16. The van der Waals surface area contributed by atoms with Gasteiger partial charge in [-0.2, -0.15) is 0 Å². The molecule has 0 atom stereocenters. The number of rotatable bonds is 5. The summed E-state index contributed by atoms with van der Waals surface area (Å²) >= 11 is 0. The van der Waals surface area contributed by atoms with Gasteiger partial charge in [-0.25, -0.2) is 8.42 Å². The molecule has 5 nitrogen and oxygen atoms in total. The van der Waals surface area contributed by atoms with Crippen molar-refractivity contribution in [2.45, 2.75) is 11.8 Å². The first kappa shape index (κ1) is 16.8. The van der Waals surface area contributed by atoms with Gasteiger partial charge < -0.3 is 10.1 Å². The molecule has 0 saturated heterocycles. The van der Waals surface area contributed by atoms with E-state index in [9.17, 15) is 13.2 Å². The Morgan fingerprint density at radius 2 is 1.65 bits per heavy atom. The Morgan fingerprint density at radius 1 is 1.04 bits per heavy atom. The summed E-state index contributed by atoms with van der Waals surface area (Å²) in [5.41, 5.74) is 1.38. The van der Waals surface area contributed by atoms with E-state index in [2.05, 4.69) is 5.32 Å². The average molecular weight is 331 g/mol. The summed E-state index contributed by atoms with van der Waals surface area (Å²) in [5.74, 6) is 0.238. The zero-order chi connectivity index (χ0) is 16.9. The van der Waals surface area contributed by atoms with Crippen molar-refractivity contribution in [1.29, 1.82) is 0 Å². The van der Waals surface area contributed by atoms with Crippen LogP contribution in [0.4, 0.5) is 0 Å². The number of carbonyl (C=O) groups excluding carboxylic acids is 1. The van der Waals surface area contributed by atoms with Crippen molar-refractivity contribution in [3.8, 4) is 5.75 Å². The van der Waals surface area contributed by atoms with Crippen molar-refractivity contribution in [2.24, 2.45) is 0 Å². The Kier molecular flexibility index (Phi) is 5.18. The first-order valence-electron chi connectivity index (χ1n) is 6.85. The number of aryl methyl sites for hydroxylation is 1. The van der Waals surface area contributed by atoms with Crippen LogP contribution in [-0.4, -0.2) is 21.4 Å². The lowest BCUT2D eigenvalue weighted by Gasteiger charge is -2.03. The molecule has 0 spiro atoms. The third-order valence-corrected chi connectivity index (χ3v) is 4.59. The number of carbonyl (C=O) groups is 1. The molecule has 0 heterocycles. The van der Waals surface area contributed by atoms with Crippen LogP contribution in [0.5, 0.6) is 5.75 Å². The fraction of sp³-hybridized carbons (Fsp3) is 0.118. The molecular formula is C17H17NO4S. The lowest BCUT2D eigenvalue weighted by molar-refractivity contribution is 0.0970. The molecule has 23 heavy (non-hydrogen) atoms. The van der Waals surface area contributed by atoms with E-state index in [0.717, 1.165) is 17.2 Å². The van der Waals surface area contributed by atoms with Gasteiger partial charge in [0.15, 0.2) is 0 Å². The second kappa shape index (κ2) is 7.11. The molecule has 2 aromatic rings. The molecule has 0 radical (unpaired) electrons. The molecule has 120 valence electrons. The van der Waals surface area contributed by atoms with Gasteiger partial charge in [0.05, 0.1) is 17.4 Å². The summed E-state index contributed by atoms with van der Waals surface area (Å²) in [6.45, 7) is 1.88. The molecule has 0 aliphatic rings. The van der Waals surface area contributed by atoms with Crippen LogP contribution in [0.25, 0.3) is 0 Å². The van der Waals surface area contributed by atoms with Crippen molar-refractivity contribution in [1.82, 2.24) is 5.32 Å². The van der Waals surface area contributed by atoms with Crippen LogP contribution in [0.2, 0.25) is 0 Å². The van der Waals surface area contributed by atoms with Gasteiger partial charge in [-0.15, -0.1) is 0 Å². The maximum Gasteiger partial charge on any atom is 0.255 e. The second-order valence-electron chi connectivity index (χ2n) is 4.86. The van der Waals surface area contributed by atoms with Gasteiger partial charge in [0.1, 0.15) is 5.75 Å². The number of ether oxygens (including phenoxy) is 1. The molecule has 6 heteroatoms. The lowest BCUT2D eigenvalue weighted by Crippen LogP contribution is -2.17. The second-order valence-corrected chi connectivity index (χ2v) is 6.70. The lowest BCUT2D eigenvalue weighted by atomic mass is 10.2. The number of methoxy groups -OCH3 is 1. The molecule has 0 aliphatic carbocycles. The smallest absolute Gasteiger partial charge is 0.255 e. The maximum absolute atomic E-state index is 12.1. The zero-order valence-electron chi connectivity index (χ0n) is 12.8. The van der Waals surface area contributed by atoms with Gasteiger partial charge >= 0.3 is 0 Å². The first-order chi connectivity index (χ1) is 10.9. The van der Waals surface area contributed by atoms with Crippen LogP contribution in [0.15, 0.2) is 65.0 Å². The minimum absolute atomic E-state index is 0.179. The van der Waals surface area contributed by atoms with E-state index in [1.165, 1.54) is 19.2 Å². The van der Waals surface area contributed by atoms with Crippen LogP contribution < -0.4 is 10.1 Å². The summed E-state index contributed by atoms with van der Waals surface area (Å²) in [5, 5.41) is 3.41. The summed E-state index contributed by atoms with van der Waals surface area (Å²) in [6.07, 6.45) is 1.13. The van der Waals surface area contributed by atoms with E-state index in [0.29, 0.717) is 11.3 Å². The summed E-state index contributed by atoms with van der Waals surface area (Å²) < 4.78 is 29.2. The van der Waals surface area contributed by atoms with E-state index >= 15 is 0 Å². The van der Waals surface area contributed by atoms with Crippen molar-refractivity contribution in [3.63, 3.8) is 0 Å². The number of sulfone groups is 1. The summed E-state index contributed by atoms with van der Waals surface area (Å²) in [7, 11) is -2.05. The van der Waals surface area contributed by atoms with E-state index in [-0.39, 0.29) is 4.90 Å². The Labute approximate surface area is 135 Å². The molecule has 0 bridgehead atoms. The highest BCUT2D eigenvalue weighted by Gasteiger charge is 2.10. The fourth-order valence-electron chi connectivity index (χ4n) is 1.83. The van der Waals surface area contributed by atoms with Crippen LogP contribution in [0, 0.1) is 6.92 Å². The van der Waals surface area contributed by atoms with Crippen molar-refractivity contribution < 1.29 is 17.9 Å². The van der Waals surface area contributed by atoms with Crippen LogP contribution in [0.1, 0.15) is 15.9 Å². The topological polar surface area (TPSA) is 72.5 Å². The van der Waals surface area contributed by atoms with Crippen LogP contribution >= 0.6 is 0 Å². The molecular weight excluding hydrogens is 314 g/mol. The number of amides is 1. The first-order valence-corrected chi connectivity index (χ1v) is 8.40. The zero-order valence-corrected chi connectivity index (χ0v) is 13.6. The number of benzene rings is 2. The van der Waals surface area contributed by atoms with Gasteiger partial charge in [0.2, 0.25) is 9.84 Å². The summed E-state index contributed by atoms with van der Waals surface area (Å²) in [6, 6.07) is 13.0. The molecule has 0 fully saturated rings. The number of hydrogen-bond acceptors (Lipinski definition) is 4. The largest absolute Gasteiger partial charge is 0.497 e. The highest BCUT2D eigenvalue weighted by molar-refractivity contribution is 7.94. The predicted molar refractivity (Wildman–Crippen MR) is 88.0 cm³/mol. The van der Waals surface area contributed by atoms with Crippen molar-refractivity contribution >= 4 is 15.7 Å². The minimum atomic E-state index is -3.58. The normalized spacial score (nSPS) is 11.4. The van der Waals surface area contributed by atoms with Gasteiger partial charge in [0.25, 0.3) is 5.91 Å². The Bertz CT molecular complexity index is 807. The molecule has 0 aliphatic heterocycles. The van der Waals surface area contributed by atoms with E-state index < -0.39 is 15.7 Å². The maximum atomic E-state index is 12.1. The highest BCUT2D eigenvalue weighted by atomic mass is 32.2. The standard InChI is InChI=1S/C17H17NO4S/c1-13-3-9-16(10-4-13)23(20,21)12-11-18-17(19)14-5-7-15(22-2)8-6-14/h3-12H,1-2H3,(H,18,19)/b12-11-. The predicted octanol–water partition coefficient (Wildman–Crippen LogP) is 2.68. The fourth-order valence-corrected chi connectivity index (χ4v) is 2.75. The van der Waals surface area contributed by atoms with E-state index in [1.807, 2.05) is 6.92 Å². The van der Waals surface area contributed by atoms with Gasteiger partial charge in [-0.3, -0.25) is 4.79 Å². The molecule has 2 aromatic carbocycles. The number of nitrogens with one attached hydrogen (secondary N) is 1. The molecule has 1 amide bonds. The Morgan fingerprint density at radius 3 is 2.22 bits per heavy atom. The average Bonchev–Trinajstić information content (AvgIpc) is 2.55. The van der Waals surface area contributed by atoms with Gasteiger partial charge in [-0.05, 0) is 43.3 Å². The number of hydrogen-bond donors (Lipinski definition) is 1. The van der Waals surface area contributed by atoms with E-state index in [1.54, 1.807) is 36.4 Å². The highest BCUT2D eigenvalue weighted by Crippen LogP contribution is 2.13. The van der Waals surface area contributed by atoms with Crippen LogP contribution in [-0.2, 0) is 9.84 Å². The monoisotopic (exact) mass is 331 g/mol. The van der Waals surface area contributed by atoms with Gasteiger partial charge in [-0.1, -0.05) is 17.7 Å². The van der Waals surface area contributed by atoms with Crippen molar-refractivity contribution in [2.75, 3.05) is 7.11 Å². The quantitative estimate of drug-likeness (QED) is 0.914. The van der Waals surface area contributed by atoms with Crippen molar-refractivity contribution in [3.05, 3.63) is 71.3 Å². The molecule has 0 aromatic heterocycles. The molecule has 2 rings (SSSR count). The Balaban J connectivity index is 2.04. The molecule has 1 N–H and O–H groups in total. The SMILES string of the molecule is COc1ccc(C(=O)N/C=C\S(=O)(=O)c2ccc(C)cc2)cc1. The van der Waals surface area contributed by atoms with Gasteiger partial charge in [0, 0.05) is 11.8 Å².